The second-order valence-corrected chi connectivity index (χ2v) is 4.49. The lowest BCUT2D eigenvalue weighted by Crippen LogP contribution is -2.33. The van der Waals surface area contributed by atoms with Crippen molar-refractivity contribution >= 4 is 17.7 Å². The van der Waals surface area contributed by atoms with Gasteiger partial charge in [-0.3, -0.25) is 4.79 Å². The van der Waals surface area contributed by atoms with Gasteiger partial charge in [-0.2, -0.15) is 0 Å². The standard InChI is InChI=1S/C14H20N2O3/c1-4-11-9-12(6-5-10(11)2)15-14(19)16(3)8-7-13(17)18/h5-6,9H,4,7-8H2,1-3H3,(H,15,19)(H,17,18). The molecule has 19 heavy (non-hydrogen) atoms. The first kappa shape index (κ1) is 15.0. The largest absolute Gasteiger partial charge is 0.481 e. The number of hydrogen-bond acceptors (Lipinski definition) is 2. The summed E-state index contributed by atoms with van der Waals surface area (Å²) in [7, 11) is 1.58. The molecule has 0 heterocycles. The van der Waals surface area contributed by atoms with Gasteiger partial charge in [-0.15, -0.1) is 0 Å². The van der Waals surface area contributed by atoms with E-state index in [2.05, 4.69) is 12.2 Å². The van der Waals surface area contributed by atoms with Gasteiger partial charge >= 0.3 is 12.0 Å². The molecule has 0 aromatic heterocycles. The van der Waals surface area contributed by atoms with Crippen molar-refractivity contribution in [3.63, 3.8) is 0 Å². The van der Waals surface area contributed by atoms with Crippen molar-refractivity contribution in [2.45, 2.75) is 26.7 Å². The van der Waals surface area contributed by atoms with Crippen LogP contribution in [0.1, 0.15) is 24.5 Å². The predicted molar refractivity (Wildman–Crippen MR) is 74.5 cm³/mol. The number of anilines is 1. The van der Waals surface area contributed by atoms with Crippen LogP contribution in [0.3, 0.4) is 0 Å². The van der Waals surface area contributed by atoms with Gasteiger partial charge in [0.1, 0.15) is 0 Å². The fourth-order valence-electron chi connectivity index (χ4n) is 1.71. The van der Waals surface area contributed by atoms with Crippen molar-refractivity contribution in [3.8, 4) is 0 Å². The Hall–Kier alpha value is -2.04. The minimum absolute atomic E-state index is 0.0575. The number of hydrogen-bond donors (Lipinski definition) is 2. The van der Waals surface area contributed by atoms with Crippen LogP contribution in [0.5, 0.6) is 0 Å². The van der Waals surface area contributed by atoms with Crippen molar-refractivity contribution in [3.05, 3.63) is 29.3 Å². The molecule has 1 aromatic rings. The van der Waals surface area contributed by atoms with E-state index in [4.69, 9.17) is 5.11 Å². The average molecular weight is 264 g/mol. The smallest absolute Gasteiger partial charge is 0.321 e. The van der Waals surface area contributed by atoms with E-state index in [1.807, 2.05) is 25.1 Å². The third-order valence-corrected chi connectivity index (χ3v) is 2.99. The van der Waals surface area contributed by atoms with Crippen molar-refractivity contribution in [1.29, 1.82) is 0 Å². The molecule has 0 spiro atoms. The van der Waals surface area contributed by atoms with Crippen molar-refractivity contribution in [1.82, 2.24) is 4.90 Å². The zero-order valence-electron chi connectivity index (χ0n) is 11.6. The molecule has 2 N–H and O–H groups in total. The maximum atomic E-state index is 11.8. The summed E-state index contributed by atoms with van der Waals surface area (Å²) in [6.45, 7) is 4.28. The molecule has 104 valence electrons. The summed E-state index contributed by atoms with van der Waals surface area (Å²) >= 11 is 0. The van der Waals surface area contributed by atoms with Crippen molar-refractivity contribution in [2.24, 2.45) is 0 Å². The Morgan fingerprint density at radius 3 is 2.63 bits per heavy atom. The molecule has 0 aliphatic rings. The van der Waals surface area contributed by atoms with Crippen LogP contribution in [0, 0.1) is 6.92 Å². The molecule has 5 heteroatoms. The fourth-order valence-corrected chi connectivity index (χ4v) is 1.71. The molecule has 5 nitrogen and oxygen atoms in total. The fraction of sp³-hybridized carbons (Fsp3) is 0.429. The van der Waals surface area contributed by atoms with Crippen LogP contribution in [0.2, 0.25) is 0 Å². The normalized spacial score (nSPS) is 10.1. The van der Waals surface area contributed by atoms with Crippen LogP contribution >= 0.6 is 0 Å². The van der Waals surface area contributed by atoms with E-state index >= 15 is 0 Å². The zero-order chi connectivity index (χ0) is 14.4. The number of carbonyl (C=O) groups excluding carboxylic acids is 1. The minimum atomic E-state index is -0.914. The Bertz CT molecular complexity index is 472. The van der Waals surface area contributed by atoms with Crippen molar-refractivity contribution in [2.75, 3.05) is 18.9 Å². The van der Waals surface area contributed by atoms with E-state index in [-0.39, 0.29) is 19.0 Å². The van der Waals surface area contributed by atoms with Crippen LogP contribution in [-0.4, -0.2) is 35.6 Å². The SMILES string of the molecule is CCc1cc(NC(=O)N(C)CCC(=O)O)ccc1C. The minimum Gasteiger partial charge on any atom is -0.481 e. The second kappa shape index (κ2) is 6.78. The summed E-state index contributed by atoms with van der Waals surface area (Å²) in [4.78, 5) is 23.6. The molecular weight excluding hydrogens is 244 g/mol. The van der Waals surface area contributed by atoms with Crippen LogP contribution in [0.4, 0.5) is 10.5 Å². The molecule has 2 amide bonds. The Kier molecular flexibility index (Phi) is 5.36. The number of carbonyl (C=O) groups is 2. The molecule has 0 saturated carbocycles. The van der Waals surface area contributed by atoms with Gasteiger partial charge in [0.05, 0.1) is 6.42 Å². The Morgan fingerprint density at radius 1 is 1.37 bits per heavy atom. The second-order valence-electron chi connectivity index (χ2n) is 4.49. The van der Waals surface area contributed by atoms with Gasteiger partial charge in [0.2, 0.25) is 0 Å². The summed E-state index contributed by atoms with van der Waals surface area (Å²) < 4.78 is 0. The lowest BCUT2D eigenvalue weighted by atomic mass is 10.1. The first-order valence-corrected chi connectivity index (χ1v) is 6.27. The highest BCUT2D eigenvalue weighted by atomic mass is 16.4. The van der Waals surface area contributed by atoms with Gasteiger partial charge in [0.25, 0.3) is 0 Å². The quantitative estimate of drug-likeness (QED) is 0.858. The number of aliphatic carboxylic acids is 1. The maximum Gasteiger partial charge on any atom is 0.321 e. The lowest BCUT2D eigenvalue weighted by Gasteiger charge is -2.17. The molecule has 0 radical (unpaired) electrons. The van der Waals surface area contributed by atoms with E-state index in [9.17, 15) is 9.59 Å². The third-order valence-electron chi connectivity index (χ3n) is 2.99. The average Bonchev–Trinajstić information content (AvgIpc) is 2.37. The number of nitrogens with zero attached hydrogens (tertiary/aromatic N) is 1. The first-order valence-electron chi connectivity index (χ1n) is 6.27. The number of carboxylic acids is 1. The maximum absolute atomic E-state index is 11.8. The number of urea groups is 1. The number of aryl methyl sites for hydroxylation is 2. The molecule has 1 rings (SSSR count). The molecule has 0 aliphatic heterocycles. The summed E-state index contributed by atoms with van der Waals surface area (Å²) in [5.74, 6) is -0.914. The Morgan fingerprint density at radius 2 is 2.05 bits per heavy atom. The number of rotatable bonds is 5. The van der Waals surface area contributed by atoms with Gasteiger partial charge in [0, 0.05) is 19.3 Å². The van der Waals surface area contributed by atoms with Crippen LogP contribution < -0.4 is 5.32 Å². The Balaban J connectivity index is 2.63. The molecule has 0 fully saturated rings. The van der Waals surface area contributed by atoms with Crippen LogP contribution in [0.15, 0.2) is 18.2 Å². The van der Waals surface area contributed by atoms with Gasteiger partial charge in [-0.25, -0.2) is 4.79 Å². The first-order chi connectivity index (χ1) is 8.93. The van der Waals surface area contributed by atoms with Crippen LogP contribution in [0.25, 0.3) is 0 Å². The highest BCUT2D eigenvalue weighted by Gasteiger charge is 2.10. The molecule has 0 aliphatic carbocycles. The van der Waals surface area contributed by atoms with Crippen molar-refractivity contribution < 1.29 is 14.7 Å². The topological polar surface area (TPSA) is 69.6 Å². The zero-order valence-corrected chi connectivity index (χ0v) is 11.6. The van der Waals surface area contributed by atoms with E-state index in [0.717, 1.165) is 12.1 Å². The lowest BCUT2D eigenvalue weighted by molar-refractivity contribution is -0.137. The van der Waals surface area contributed by atoms with Gasteiger partial charge in [-0.1, -0.05) is 13.0 Å². The monoisotopic (exact) mass is 264 g/mol. The van der Waals surface area contributed by atoms with Crippen LogP contribution in [-0.2, 0) is 11.2 Å². The number of carboxylic acid groups (broad SMARTS) is 1. The van der Waals surface area contributed by atoms with E-state index in [1.165, 1.54) is 16.0 Å². The molecular formula is C14H20N2O3. The van der Waals surface area contributed by atoms with Gasteiger partial charge in [-0.05, 0) is 36.6 Å². The summed E-state index contributed by atoms with van der Waals surface area (Å²) in [5.41, 5.74) is 3.11. The summed E-state index contributed by atoms with van der Waals surface area (Å²) in [6.07, 6.45) is 0.850. The molecule has 0 unspecified atom stereocenters. The number of nitrogens with one attached hydrogen (secondary N) is 1. The third kappa shape index (κ3) is 4.62. The molecule has 1 aromatic carbocycles. The number of amides is 2. The van der Waals surface area contributed by atoms with E-state index in [1.54, 1.807) is 7.05 Å². The van der Waals surface area contributed by atoms with Gasteiger partial charge in [0.15, 0.2) is 0 Å². The molecule has 0 bridgehead atoms. The highest BCUT2D eigenvalue weighted by Crippen LogP contribution is 2.16. The number of benzene rings is 1. The van der Waals surface area contributed by atoms with E-state index < -0.39 is 5.97 Å². The summed E-state index contributed by atoms with van der Waals surface area (Å²) in [6, 6.07) is 5.45. The molecule has 0 saturated heterocycles. The predicted octanol–water partition coefficient (Wildman–Crippen LogP) is 2.50. The van der Waals surface area contributed by atoms with E-state index in [0.29, 0.717) is 0 Å². The summed E-state index contributed by atoms with van der Waals surface area (Å²) in [5, 5.41) is 11.3. The highest BCUT2D eigenvalue weighted by molar-refractivity contribution is 5.89. The Labute approximate surface area is 113 Å². The molecule has 0 atom stereocenters. The van der Waals surface area contributed by atoms with Gasteiger partial charge < -0.3 is 15.3 Å².